The topological polar surface area (TPSA) is 111 Å². The molecule has 4 rings (SSSR count). The molecule has 0 saturated carbocycles. The molecule has 0 amide bonds. The highest BCUT2D eigenvalue weighted by Gasteiger charge is 2.28. The second-order valence-electron chi connectivity index (χ2n) is 7.00. The lowest BCUT2D eigenvalue weighted by Crippen LogP contribution is -2.51. The van der Waals surface area contributed by atoms with Crippen molar-refractivity contribution in [1.82, 2.24) is 9.55 Å². The summed E-state index contributed by atoms with van der Waals surface area (Å²) in [5.41, 5.74) is 4.17. The maximum absolute atomic E-state index is 14.8. The first-order valence-electron chi connectivity index (χ1n) is 9.32. The molecule has 1 aliphatic heterocycles. The van der Waals surface area contributed by atoms with Crippen LogP contribution in [-0.2, 0) is 4.74 Å². The first-order chi connectivity index (χ1) is 14.7. The van der Waals surface area contributed by atoms with Crippen LogP contribution >= 0.6 is 0 Å². The van der Waals surface area contributed by atoms with E-state index in [0.717, 1.165) is 16.8 Å². The van der Waals surface area contributed by atoms with Gasteiger partial charge in [-0.1, -0.05) is 0 Å². The van der Waals surface area contributed by atoms with Crippen molar-refractivity contribution in [3.63, 3.8) is 0 Å². The second kappa shape index (κ2) is 7.58. The summed E-state index contributed by atoms with van der Waals surface area (Å²) < 4.78 is 48.8. The summed E-state index contributed by atoms with van der Waals surface area (Å²) in [6.45, 7) is 1.85. The lowest BCUT2D eigenvalue weighted by molar-refractivity contribution is 0.0524. The Hall–Kier alpha value is -3.60. The highest BCUT2D eigenvalue weighted by atomic mass is 19.1. The minimum atomic E-state index is -1.14. The van der Waals surface area contributed by atoms with Gasteiger partial charge in [-0.15, -0.1) is 0 Å². The van der Waals surface area contributed by atoms with E-state index in [0.29, 0.717) is 6.07 Å². The van der Waals surface area contributed by atoms with E-state index < -0.39 is 52.2 Å². The van der Waals surface area contributed by atoms with E-state index in [1.807, 2.05) is 0 Å². The molecule has 1 aliphatic rings. The van der Waals surface area contributed by atoms with Gasteiger partial charge in [-0.05, 0) is 13.0 Å². The van der Waals surface area contributed by atoms with Gasteiger partial charge in [0.2, 0.25) is 5.43 Å². The van der Waals surface area contributed by atoms with Gasteiger partial charge in [0.05, 0.1) is 23.9 Å². The maximum Gasteiger partial charge on any atom is 0.343 e. The number of aliphatic hydroxyl groups is 1. The number of halogens is 3. The standard InChI is InChI=1S/C20H17F3N4O4/c1-2-31-20(30)11-8-27(19-14(23)4-13(22)18(24)25-19)15-5-12(21)16(3-10(15)17(11)29)26-6-9(28)7-26/h3-5,8-9,28H,2,6-7H2,1H3,(H2,24,25). The summed E-state index contributed by atoms with van der Waals surface area (Å²) in [5.74, 6) is -5.09. The number of aromatic nitrogens is 2. The van der Waals surface area contributed by atoms with Gasteiger partial charge in [-0.2, -0.15) is 0 Å². The molecule has 0 bridgehead atoms. The first kappa shape index (κ1) is 20.7. The van der Waals surface area contributed by atoms with E-state index in [2.05, 4.69) is 4.98 Å². The van der Waals surface area contributed by atoms with Crippen LogP contribution in [0.4, 0.5) is 24.7 Å². The molecule has 1 saturated heterocycles. The van der Waals surface area contributed by atoms with Crippen LogP contribution < -0.4 is 16.1 Å². The van der Waals surface area contributed by atoms with Crippen molar-refractivity contribution >= 4 is 28.4 Å². The van der Waals surface area contributed by atoms with Gasteiger partial charge in [0.15, 0.2) is 23.3 Å². The van der Waals surface area contributed by atoms with Gasteiger partial charge in [0, 0.05) is 36.8 Å². The zero-order valence-electron chi connectivity index (χ0n) is 16.2. The van der Waals surface area contributed by atoms with Crippen LogP contribution in [0.2, 0.25) is 0 Å². The Morgan fingerprint density at radius 2 is 1.94 bits per heavy atom. The summed E-state index contributed by atoms with van der Waals surface area (Å²) in [5, 5.41) is 9.38. The number of aliphatic hydroxyl groups excluding tert-OH is 1. The Bertz CT molecular complexity index is 1270. The number of carbonyl (C=O) groups excluding carboxylic acids is 1. The van der Waals surface area contributed by atoms with Crippen LogP contribution in [0.3, 0.4) is 0 Å². The number of rotatable bonds is 4. The van der Waals surface area contributed by atoms with E-state index in [1.54, 1.807) is 6.92 Å². The Balaban J connectivity index is 2.04. The second-order valence-corrected chi connectivity index (χ2v) is 7.00. The first-order valence-corrected chi connectivity index (χ1v) is 9.32. The molecule has 3 N–H and O–H groups in total. The Labute approximate surface area is 173 Å². The van der Waals surface area contributed by atoms with Crippen molar-refractivity contribution in [2.45, 2.75) is 13.0 Å². The number of pyridine rings is 2. The van der Waals surface area contributed by atoms with Crippen LogP contribution in [0.5, 0.6) is 0 Å². The van der Waals surface area contributed by atoms with Gasteiger partial charge in [0.25, 0.3) is 0 Å². The predicted octanol–water partition coefficient (Wildman–Crippen LogP) is 1.74. The van der Waals surface area contributed by atoms with Crippen LogP contribution in [0.25, 0.3) is 16.7 Å². The van der Waals surface area contributed by atoms with Crippen molar-refractivity contribution in [2.75, 3.05) is 30.3 Å². The number of ether oxygens (including phenoxy) is 1. The number of nitrogens with zero attached hydrogens (tertiary/aromatic N) is 3. The molecule has 8 nitrogen and oxygen atoms in total. The highest BCUT2D eigenvalue weighted by Crippen LogP contribution is 2.30. The molecule has 0 unspecified atom stereocenters. The smallest absolute Gasteiger partial charge is 0.343 e. The fraction of sp³-hybridized carbons (Fsp3) is 0.250. The van der Waals surface area contributed by atoms with Gasteiger partial charge < -0.3 is 20.5 Å². The normalized spacial score (nSPS) is 14.0. The van der Waals surface area contributed by atoms with Crippen molar-refractivity contribution in [2.24, 2.45) is 0 Å². The van der Waals surface area contributed by atoms with Crippen molar-refractivity contribution in [1.29, 1.82) is 0 Å². The largest absolute Gasteiger partial charge is 0.462 e. The monoisotopic (exact) mass is 434 g/mol. The molecule has 11 heteroatoms. The zero-order chi connectivity index (χ0) is 22.4. The van der Waals surface area contributed by atoms with Crippen molar-refractivity contribution in [3.05, 3.63) is 57.6 Å². The molecule has 3 heterocycles. The van der Waals surface area contributed by atoms with E-state index in [1.165, 1.54) is 11.0 Å². The minimum Gasteiger partial charge on any atom is -0.462 e. The zero-order valence-corrected chi connectivity index (χ0v) is 16.2. The molecule has 0 atom stereocenters. The Morgan fingerprint density at radius 1 is 1.23 bits per heavy atom. The quantitative estimate of drug-likeness (QED) is 0.602. The van der Waals surface area contributed by atoms with E-state index in [9.17, 15) is 27.9 Å². The molecule has 162 valence electrons. The summed E-state index contributed by atoms with van der Waals surface area (Å²) in [4.78, 5) is 30.5. The van der Waals surface area contributed by atoms with Crippen molar-refractivity contribution in [3.8, 4) is 5.82 Å². The number of nitrogens with two attached hydrogens (primary N) is 1. The molecule has 0 spiro atoms. The maximum atomic E-state index is 14.8. The average Bonchev–Trinajstić information content (AvgIpc) is 2.69. The minimum absolute atomic E-state index is 0.0211. The molecule has 2 aromatic heterocycles. The highest BCUT2D eigenvalue weighted by molar-refractivity contribution is 5.95. The SMILES string of the molecule is CCOC(=O)c1cn(-c2nc(N)c(F)cc2F)c2cc(F)c(N3CC(O)C3)cc2c1=O. The molecule has 3 aromatic rings. The van der Waals surface area contributed by atoms with Crippen molar-refractivity contribution < 1.29 is 27.8 Å². The number of β-amino-alcohol motifs (C(OH)–C–C–N with tert-alkyl or cyclic N) is 1. The summed E-state index contributed by atoms with van der Waals surface area (Å²) in [6.07, 6.45) is 0.330. The molecular formula is C20H17F3N4O4. The van der Waals surface area contributed by atoms with E-state index >= 15 is 0 Å². The number of carbonyl (C=O) groups is 1. The summed E-state index contributed by atoms with van der Waals surface area (Å²) >= 11 is 0. The number of benzene rings is 1. The lowest BCUT2D eigenvalue weighted by Gasteiger charge is -2.38. The Kier molecular flexibility index (Phi) is 5.05. The third kappa shape index (κ3) is 3.46. The number of nitrogen functional groups attached to an aromatic ring is 1. The van der Waals surface area contributed by atoms with Crippen LogP contribution in [0.15, 0.2) is 29.2 Å². The summed E-state index contributed by atoms with van der Waals surface area (Å²) in [6, 6.07) is 2.69. The average molecular weight is 434 g/mol. The van der Waals surface area contributed by atoms with Gasteiger partial charge in [-0.25, -0.2) is 22.9 Å². The van der Waals surface area contributed by atoms with Gasteiger partial charge >= 0.3 is 5.97 Å². The molecule has 0 radical (unpaired) electrons. The third-order valence-corrected chi connectivity index (χ3v) is 4.94. The van der Waals surface area contributed by atoms with E-state index in [4.69, 9.17) is 10.5 Å². The lowest BCUT2D eigenvalue weighted by atomic mass is 10.1. The van der Waals surface area contributed by atoms with Crippen LogP contribution in [0.1, 0.15) is 17.3 Å². The van der Waals surface area contributed by atoms with E-state index in [-0.39, 0.29) is 36.3 Å². The number of anilines is 2. The Morgan fingerprint density at radius 3 is 2.58 bits per heavy atom. The van der Waals surface area contributed by atoms with Crippen LogP contribution in [0, 0.1) is 17.5 Å². The molecule has 31 heavy (non-hydrogen) atoms. The summed E-state index contributed by atoms with van der Waals surface area (Å²) in [7, 11) is 0. The van der Waals surface area contributed by atoms with Gasteiger partial charge in [0.1, 0.15) is 11.4 Å². The fourth-order valence-corrected chi connectivity index (χ4v) is 3.40. The number of hydrogen-bond acceptors (Lipinski definition) is 7. The number of hydrogen-bond donors (Lipinski definition) is 2. The molecule has 1 aromatic carbocycles. The predicted molar refractivity (Wildman–Crippen MR) is 106 cm³/mol. The molecule has 1 fully saturated rings. The third-order valence-electron chi connectivity index (χ3n) is 4.94. The number of esters is 1. The van der Waals surface area contributed by atoms with Gasteiger partial charge in [-0.3, -0.25) is 9.36 Å². The van der Waals surface area contributed by atoms with Crippen LogP contribution in [-0.4, -0.2) is 46.4 Å². The molecular weight excluding hydrogens is 417 g/mol. The number of fused-ring (bicyclic) bond motifs is 1. The fourth-order valence-electron chi connectivity index (χ4n) is 3.40. The molecule has 0 aliphatic carbocycles.